The molecule has 2 N–H and O–H groups in total. The van der Waals surface area contributed by atoms with E-state index in [1.165, 1.54) is 11.8 Å². The van der Waals surface area contributed by atoms with Gasteiger partial charge in [-0.05, 0) is 19.1 Å². The molecule has 0 bridgehead atoms. The highest BCUT2D eigenvalue weighted by molar-refractivity contribution is 5.90. The van der Waals surface area contributed by atoms with Crippen molar-refractivity contribution in [1.82, 2.24) is 9.78 Å². The van der Waals surface area contributed by atoms with Gasteiger partial charge in [0.25, 0.3) is 0 Å². The molecule has 0 fully saturated rings. The second kappa shape index (κ2) is 4.29. The van der Waals surface area contributed by atoms with Crippen LogP contribution in [-0.4, -0.2) is 22.9 Å². The number of ether oxygens (including phenoxy) is 1. The van der Waals surface area contributed by atoms with E-state index >= 15 is 0 Å². The van der Waals surface area contributed by atoms with Crippen molar-refractivity contribution in [1.29, 1.82) is 0 Å². The van der Waals surface area contributed by atoms with Gasteiger partial charge < -0.3 is 10.5 Å². The summed E-state index contributed by atoms with van der Waals surface area (Å²) in [5, 5.41) is 4.17. The number of carbonyl (C=O) groups is 1. The molecule has 0 saturated carbocycles. The number of methoxy groups -OCH3 is 1. The fourth-order valence-electron chi connectivity index (χ4n) is 1.57. The van der Waals surface area contributed by atoms with E-state index < -0.39 is 5.97 Å². The number of esters is 1. The third-order valence-electron chi connectivity index (χ3n) is 2.55. The van der Waals surface area contributed by atoms with Crippen molar-refractivity contribution in [3.8, 4) is 5.69 Å². The van der Waals surface area contributed by atoms with Gasteiger partial charge in [0.2, 0.25) is 0 Å². The Morgan fingerprint density at radius 2 is 2.00 bits per heavy atom. The van der Waals surface area contributed by atoms with Crippen LogP contribution < -0.4 is 5.73 Å². The van der Waals surface area contributed by atoms with E-state index in [1.54, 1.807) is 6.92 Å². The van der Waals surface area contributed by atoms with Crippen LogP contribution in [0.25, 0.3) is 5.69 Å². The Labute approximate surface area is 98.8 Å². The van der Waals surface area contributed by atoms with Gasteiger partial charge in [0, 0.05) is 5.56 Å². The predicted octanol–water partition coefficient (Wildman–Crippen LogP) is 1.55. The van der Waals surface area contributed by atoms with Crippen LogP contribution in [0.1, 0.15) is 16.1 Å². The molecule has 0 spiro atoms. The zero-order valence-corrected chi connectivity index (χ0v) is 9.68. The number of anilines is 1. The molecule has 5 heteroatoms. The normalized spacial score (nSPS) is 10.2. The molecule has 2 rings (SSSR count). The van der Waals surface area contributed by atoms with Crippen LogP contribution in [0.3, 0.4) is 0 Å². The number of nitrogens with zero attached hydrogens (tertiary/aromatic N) is 2. The summed E-state index contributed by atoms with van der Waals surface area (Å²) in [6, 6.07) is 9.39. The highest BCUT2D eigenvalue weighted by Gasteiger charge is 2.19. The summed E-state index contributed by atoms with van der Waals surface area (Å²) in [4.78, 5) is 11.5. The van der Waals surface area contributed by atoms with E-state index in [4.69, 9.17) is 5.73 Å². The van der Waals surface area contributed by atoms with Crippen LogP contribution in [0.15, 0.2) is 30.3 Å². The Morgan fingerprint density at radius 3 is 2.59 bits per heavy atom. The largest absolute Gasteiger partial charge is 0.464 e. The maximum atomic E-state index is 11.5. The van der Waals surface area contributed by atoms with E-state index in [0.29, 0.717) is 11.4 Å². The number of benzene rings is 1. The van der Waals surface area contributed by atoms with Crippen molar-refractivity contribution in [3.05, 3.63) is 41.6 Å². The summed E-state index contributed by atoms with van der Waals surface area (Å²) in [6.07, 6.45) is 0. The van der Waals surface area contributed by atoms with Crippen LogP contribution >= 0.6 is 0 Å². The smallest absolute Gasteiger partial charge is 0.358 e. The molecule has 2 aromatic rings. The van der Waals surface area contributed by atoms with E-state index in [9.17, 15) is 4.79 Å². The Kier molecular flexibility index (Phi) is 2.82. The van der Waals surface area contributed by atoms with Crippen LogP contribution in [0, 0.1) is 6.92 Å². The molecule has 1 aromatic carbocycles. The van der Waals surface area contributed by atoms with E-state index in [-0.39, 0.29) is 5.69 Å². The Morgan fingerprint density at radius 1 is 1.35 bits per heavy atom. The third-order valence-corrected chi connectivity index (χ3v) is 2.55. The van der Waals surface area contributed by atoms with Crippen molar-refractivity contribution in [2.24, 2.45) is 0 Å². The van der Waals surface area contributed by atoms with Crippen LogP contribution in [0.5, 0.6) is 0 Å². The molecule has 0 amide bonds. The zero-order chi connectivity index (χ0) is 12.4. The van der Waals surface area contributed by atoms with Crippen molar-refractivity contribution in [3.63, 3.8) is 0 Å². The third kappa shape index (κ3) is 1.87. The standard InChI is InChI=1S/C12H13N3O2/c1-8-10(12(16)17-2)14-15(11(8)13)9-6-4-3-5-7-9/h3-7H,13H2,1-2H3. The maximum absolute atomic E-state index is 11.5. The van der Waals surface area contributed by atoms with Crippen molar-refractivity contribution >= 4 is 11.8 Å². The highest BCUT2D eigenvalue weighted by Crippen LogP contribution is 2.20. The molecular formula is C12H13N3O2. The number of hydrogen-bond acceptors (Lipinski definition) is 4. The fraction of sp³-hybridized carbons (Fsp3) is 0.167. The van der Waals surface area contributed by atoms with Crippen molar-refractivity contribution in [2.75, 3.05) is 12.8 Å². The van der Waals surface area contributed by atoms with Crippen LogP contribution in [-0.2, 0) is 4.74 Å². The molecule has 0 saturated heterocycles. The van der Waals surface area contributed by atoms with Gasteiger partial charge in [-0.3, -0.25) is 0 Å². The summed E-state index contributed by atoms with van der Waals surface area (Å²) >= 11 is 0. The van der Waals surface area contributed by atoms with Gasteiger partial charge >= 0.3 is 5.97 Å². The van der Waals surface area contributed by atoms with Crippen molar-refractivity contribution < 1.29 is 9.53 Å². The monoisotopic (exact) mass is 231 g/mol. The second-order valence-electron chi connectivity index (χ2n) is 3.60. The lowest BCUT2D eigenvalue weighted by atomic mass is 10.2. The Hall–Kier alpha value is -2.30. The SMILES string of the molecule is COC(=O)c1nn(-c2ccccc2)c(N)c1C. The quantitative estimate of drug-likeness (QED) is 0.796. The van der Waals surface area contributed by atoms with Gasteiger partial charge in [0.05, 0.1) is 12.8 Å². The zero-order valence-electron chi connectivity index (χ0n) is 9.68. The molecule has 1 heterocycles. The molecule has 0 unspecified atom stereocenters. The summed E-state index contributed by atoms with van der Waals surface area (Å²) in [5.41, 5.74) is 7.60. The summed E-state index contributed by atoms with van der Waals surface area (Å²) in [6.45, 7) is 1.74. The molecule has 88 valence electrons. The first-order chi connectivity index (χ1) is 8.15. The molecule has 0 radical (unpaired) electrons. The lowest BCUT2D eigenvalue weighted by Gasteiger charge is -2.02. The molecule has 17 heavy (non-hydrogen) atoms. The second-order valence-corrected chi connectivity index (χ2v) is 3.60. The van der Waals surface area contributed by atoms with Crippen molar-refractivity contribution in [2.45, 2.75) is 6.92 Å². The van der Waals surface area contributed by atoms with Gasteiger partial charge in [-0.15, -0.1) is 0 Å². The van der Waals surface area contributed by atoms with Gasteiger partial charge in [-0.25, -0.2) is 9.48 Å². The maximum Gasteiger partial charge on any atom is 0.358 e. The first-order valence-corrected chi connectivity index (χ1v) is 5.14. The predicted molar refractivity (Wildman–Crippen MR) is 64.1 cm³/mol. The highest BCUT2D eigenvalue weighted by atomic mass is 16.5. The van der Waals surface area contributed by atoms with Gasteiger partial charge in [-0.2, -0.15) is 5.10 Å². The summed E-state index contributed by atoms with van der Waals surface area (Å²) in [5.74, 6) is -0.0412. The van der Waals surface area contributed by atoms with Crippen LogP contribution in [0.4, 0.5) is 5.82 Å². The molecule has 0 aliphatic rings. The summed E-state index contributed by atoms with van der Waals surface area (Å²) in [7, 11) is 1.32. The molecule has 0 aliphatic heterocycles. The van der Waals surface area contributed by atoms with E-state index in [1.807, 2.05) is 30.3 Å². The number of aromatic nitrogens is 2. The number of rotatable bonds is 2. The molecule has 0 aliphatic carbocycles. The first-order valence-electron chi connectivity index (χ1n) is 5.14. The van der Waals surface area contributed by atoms with Gasteiger partial charge in [0.1, 0.15) is 5.82 Å². The summed E-state index contributed by atoms with van der Waals surface area (Å²) < 4.78 is 6.18. The lowest BCUT2D eigenvalue weighted by molar-refractivity contribution is 0.0592. The number of hydrogen-bond donors (Lipinski definition) is 1. The molecule has 5 nitrogen and oxygen atoms in total. The number of nitrogens with two attached hydrogens (primary N) is 1. The molecular weight excluding hydrogens is 218 g/mol. The topological polar surface area (TPSA) is 70.1 Å². The van der Waals surface area contributed by atoms with Crippen LogP contribution in [0.2, 0.25) is 0 Å². The van der Waals surface area contributed by atoms with E-state index in [0.717, 1.165) is 5.69 Å². The number of para-hydroxylation sites is 1. The minimum Gasteiger partial charge on any atom is -0.464 e. The van der Waals surface area contributed by atoms with Gasteiger partial charge in [0.15, 0.2) is 5.69 Å². The minimum absolute atomic E-state index is 0.244. The molecule has 0 atom stereocenters. The first kappa shape index (κ1) is 11.2. The number of nitrogen functional groups attached to an aromatic ring is 1. The minimum atomic E-state index is -0.483. The number of carbonyl (C=O) groups excluding carboxylic acids is 1. The Bertz CT molecular complexity index is 546. The molecule has 1 aromatic heterocycles. The lowest BCUT2D eigenvalue weighted by Crippen LogP contribution is -2.05. The Balaban J connectivity index is 2.54. The average molecular weight is 231 g/mol. The average Bonchev–Trinajstić information content (AvgIpc) is 2.67. The van der Waals surface area contributed by atoms with E-state index in [2.05, 4.69) is 9.84 Å². The fourth-order valence-corrected chi connectivity index (χ4v) is 1.57. The van der Waals surface area contributed by atoms with Gasteiger partial charge in [-0.1, -0.05) is 18.2 Å².